The monoisotopic (exact) mass is 466 g/mol. The van der Waals surface area contributed by atoms with Gasteiger partial charge in [0.05, 0.1) is 29.5 Å². The number of amides is 2. The van der Waals surface area contributed by atoms with E-state index in [1.807, 2.05) is 25.5 Å². The van der Waals surface area contributed by atoms with Gasteiger partial charge in [-0.2, -0.15) is 0 Å². The highest BCUT2D eigenvalue weighted by Gasteiger charge is 2.38. The second-order valence-corrected chi connectivity index (χ2v) is 12.1. The molecule has 1 N–H and O–H groups in total. The molecule has 0 aromatic carbocycles. The molecule has 1 atom stereocenters. The molecule has 31 heavy (non-hydrogen) atoms. The molecule has 1 aliphatic heterocycles. The molecule has 0 radical (unpaired) electrons. The number of rotatable bonds is 4. The fourth-order valence-corrected chi connectivity index (χ4v) is 5.42. The van der Waals surface area contributed by atoms with Crippen molar-refractivity contribution in [1.82, 2.24) is 4.72 Å². The lowest BCUT2D eigenvalue weighted by atomic mass is 9.83. The van der Waals surface area contributed by atoms with Crippen LogP contribution >= 0.6 is 11.3 Å². The third-order valence-electron chi connectivity index (χ3n) is 5.33. The summed E-state index contributed by atoms with van der Waals surface area (Å²) >= 11 is 1.11. The van der Waals surface area contributed by atoms with Crippen LogP contribution in [0.2, 0.25) is 0 Å². The van der Waals surface area contributed by atoms with E-state index in [4.69, 9.17) is 4.74 Å². The zero-order valence-corrected chi connectivity index (χ0v) is 20.1. The van der Waals surface area contributed by atoms with Crippen molar-refractivity contribution >= 4 is 38.9 Å². The maximum Gasteiger partial charge on any atom is 0.276 e. The Kier molecular flexibility index (Phi) is 7.14. The van der Waals surface area contributed by atoms with Crippen molar-refractivity contribution in [2.75, 3.05) is 24.4 Å². The Morgan fingerprint density at radius 3 is 2.55 bits per heavy atom. The summed E-state index contributed by atoms with van der Waals surface area (Å²) in [6, 6.07) is 1.56. The van der Waals surface area contributed by atoms with Crippen LogP contribution in [0.25, 0.3) is 0 Å². The molecule has 0 spiro atoms. The van der Waals surface area contributed by atoms with Gasteiger partial charge in [0.25, 0.3) is 11.8 Å². The smallest absolute Gasteiger partial charge is 0.276 e. The Morgan fingerprint density at radius 2 is 1.94 bits per heavy atom. The molecule has 1 saturated carbocycles. The largest absolute Gasteiger partial charge is 0.369 e. The Hall–Kier alpha value is -1.89. The molecule has 1 aromatic rings. The maximum absolute atomic E-state index is 13.0. The van der Waals surface area contributed by atoms with Gasteiger partial charge in [0, 0.05) is 5.41 Å². The van der Waals surface area contributed by atoms with Crippen molar-refractivity contribution in [3.63, 3.8) is 0 Å². The average molecular weight is 467 g/mol. The van der Waals surface area contributed by atoms with Gasteiger partial charge in [-0.1, -0.05) is 31.1 Å². The van der Waals surface area contributed by atoms with E-state index >= 15 is 0 Å². The van der Waals surface area contributed by atoms with Crippen LogP contribution in [0.4, 0.5) is 5.69 Å². The highest BCUT2D eigenvalue weighted by molar-refractivity contribution is 7.89. The number of nitrogens with one attached hydrogen (secondary N) is 1. The van der Waals surface area contributed by atoms with Crippen molar-refractivity contribution in [2.45, 2.75) is 58.9 Å². The SMILES string of the molecule is CC(C)(C)C#Cc1cc(N2C(=O)COCC2C2CCCCC2)c(C(=O)NS(C)(=O)=O)s1. The molecule has 2 amide bonds. The Labute approximate surface area is 188 Å². The lowest BCUT2D eigenvalue weighted by Gasteiger charge is -2.41. The summed E-state index contributed by atoms with van der Waals surface area (Å²) in [7, 11) is -3.75. The minimum absolute atomic E-state index is 0.0603. The number of ether oxygens (including phenoxy) is 1. The molecule has 2 aliphatic rings. The second-order valence-electron chi connectivity index (χ2n) is 9.27. The van der Waals surface area contributed by atoms with E-state index in [1.54, 1.807) is 11.0 Å². The van der Waals surface area contributed by atoms with Gasteiger partial charge in [-0.15, -0.1) is 11.3 Å². The minimum Gasteiger partial charge on any atom is -0.369 e. The number of nitrogens with zero attached hydrogens (tertiary/aromatic N) is 1. The van der Waals surface area contributed by atoms with E-state index in [0.29, 0.717) is 17.2 Å². The van der Waals surface area contributed by atoms with E-state index in [1.165, 1.54) is 6.42 Å². The lowest BCUT2D eigenvalue weighted by molar-refractivity contribution is -0.128. The van der Waals surface area contributed by atoms with Crippen molar-refractivity contribution < 1.29 is 22.7 Å². The van der Waals surface area contributed by atoms with Gasteiger partial charge >= 0.3 is 0 Å². The van der Waals surface area contributed by atoms with Gasteiger partial charge in [-0.3, -0.25) is 9.59 Å². The Morgan fingerprint density at radius 1 is 1.26 bits per heavy atom. The zero-order valence-electron chi connectivity index (χ0n) is 18.5. The summed E-state index contributed by atoms with van der Waals surface area (Å²) in [5.41, 5.74) is 0.187. The molecule has 1 saturated heterocycles. The van der Waals surface area contributed by atoms with Crippen LogP contribution in [-0.2, 0) is 19.6 Å². The molecule has 1 aromatic heterocycles. The molecule has 1 unspecified atom stereocenters. The van der Waals surface area contributed by atoms with Gasteiger partial charge in [-0.25, -0.2) is 13.1 Å². The van der Waals surface area contributed by atoms with Crippen LogP contribution in [-0.4, -0.2) is 45.7 Å². The van der Waals surface area contributed by atoms with Gasteiger partial charge in [0.15, 0.2) is 0 Å². The number of anilines is 1. The first kappa shape index (κ1) is 23.8. The molecule has 170 valence electrons. The highest BCUT2D eigenvalue weighted by atomic mass is 32.2. The minimum atomic E-state index is -3.75. The highest BCUT2D eigenvalue weighted by Crippen LogP contribution is 2.38. The number of hydrogen-bond acceptors (Lipinski definition) is 6. The standard InChI is InChI=1S/C22H30N2O5S2/c1-22(2,3)11-10-16-12-17(20(30-16)21(26)23-31(4,27)28)24-18(13-29-14-19(24)25)15-8-6-5-7-9-15/h12,15,18H,5-9,13-14H2,1-4H3,(H,23,26). The lowest BCUT2D eigenvalue weighted by Crippen LogP contribution is -2.53. The molecule has 2 heterocycles. The van der Waals surface area contributed by atoms with E-state index in [-0.39, 0.29) is 34.8 Å². The van der Waals surface area contributed by atoms with Crippen molar-refractivity contribution in [3.8, 4) is 11.8 Å². The van der Waals surface area contributed by atoms with Crippen LogP contribution in [0.15, 0.2) is 6.07 Å². The predicted octanol–water partition coefficient (Wildman–Crippen LogP) is 3.15. The third-order valence-corrected chi connectivity index (χ3v) is 6.92. The maximum atomic E-state index is 13.0. The van der Waals surface area contributed by atoms with Crippen LogP contribution in [0.5, 0.6) is 0 Å². The summed E-state index contributed by atoms with van der Waals surface area (Å²) < 4.78 is 31.0. The number of hydrogen-bond donors (Lipinski definition) is 1. The number of thiophene rings is 1. The predicted molar refractivity (Wildman–Crippen MR) is 122 cm³/mol. The quantitative estimate of drug-likeness (QED) is 0.688. The van der Waals surface area contributed by atoms with Gasteiger partial charge in [-0.05, 0) is 45.6 Å². The summed E-state index contributed by atoms with van der Waals surface area (Å²) in [5.74, 6) is 5.54. The van der Waals surface area contributed by atoms with Crippen LogP contribution in [0.3, 0.4) is 0 Å². The molecule has 9 heteroatoms. The van der Waals surface area contributed by atoms with E-state index < -0.39 is 15.9 Å². The average Bonchev–Trinajstić information content (AvgIpc) is 3.09. The summed E-state index contributed by atoms with van der Waals surface area (Å²) in [6.07, 6.45) is 6.34. The van der Waals surface area contributed by atoms with Gasteiger partial charge in [0.2, 0.25) is 10.0 Å². The topological polar surface area (TPSA) is 92.8 Å². The second kappa shape index (κ2) is 9.31. The van der Waals surface area contributed by atoms with Crippen molar-refractivity contribution in [2.24, 2.45) is 11.3 Å². The molecular weight excluding hydrogens is 436 g/mol. The molecule has 1 aliphatic carbocycles. The number of carbonyl (C=O) groups excluding carboxylic acids is 2. The van der Waals surface area contributed by atoms with Gasteiger partial charge in [0.1, 0.15) is 11.5 Å². The summed E-state index contributed by atoms with van der Waals surface area (Å²) in [6.45, 7) is 6.29. The molecule has 0 bridgehead atoms. The fourth-order valence-electron chi connectivity index (χ4n) is 4.02. The molecule has 3 rings (SSSR count). The first-order valence-corrected chi connectivity index (χ1v) is 13.2. The normalized spacial score (nSPS) is 20.8. The Balaban J connectivity index is 2.06. The van der Waals surface area contributed by atoms with E-state index in [0.717, 1.165) is 43.3 Å². The first-order chi connectivity index (χ1) is 14.4. The molecular formula is C22H30N2O5S2. The third kappa shape index (κ3) is 6.31. The number of sulfonamides is 1. The number of morpholine rings is 1. The first-order valence-electron chi connectivity index (χ1n) is 10.5. The van der Waals surface area contributed by atoms with Gasteiger partial charge < -0.3 is 9.64 Å². The zero-order chi connectivity index (χ0) is 22.8. The van der Waals surface area contributed by atoms with Crippen LogP contribution in [0, 0.1) is 23.2 Å². The summed E-state index contributed by atoms with van der Waals surface area (Å²) in [4.78, 5) is 28.2. The van der Waals surface area contributed by atoms with Crippen molar-refractivity contribution in [1.29, 1.82) is 0 Å². The van der Waals surface area contributed by atoms with Crippen molar-refractivity contribution in [3.05, 3.63) is 15.8 Å². The molecule has 7 nitrogen and oxygen atoms in total. The fraction of sp³-hybridized carbons (Fsp3) is 0.636. The van der Waals surface area contributed by atoms with Crippen LogP contribution < -0.4 is 9.62 Å². The number of carbonyl (C=O) groups is 2. The summed E-state index contributed by atoms with van der Waals surface area (Å²) in [5, 5.41) is 0. The Bertz CT molecular complexity index is 1000. The van der Waals surface area contributed by atoms with Crippen LogP contribution in [0.1, 0.15) is 67.4 Å². The van der Waals surface area contributed by atoms with E-state index in [9.17, 15) is 18.0 Å². The molecule has 2 fully saturated rings. The van der Waals surface area contributed by atoms with E-state index in [2.05, 4.69) is 11.8 Å².